The highest BCUT2D eigenvalue weighted by Gasteiger charge is 2.27. The molecule has 4 heterocycles. The van der Waals surface area contributed by atoms with Crippen molar-refractivity contribution in [2.24, 2.45) is 7.05 Å². The van der Waals surface area contributed by atoms with Gasteiger partial charge in [-0.1, -0.05) is 0 Å². The van der Waals surface area contributed by atoms with Crippen LogP contribution >= 0.6 is 0 Å². The van der Waals surface area contributed by atoms with Crippen molar-refractivity contribution in [1.29, 1.82) is 0 Å². The topological polar surface area (TPSA) is 84.2 Å². The van der Waals surface area contributed by atoms with Crippen LogP contribution in [0.25, 0.3) is 11.0 Å². The Balaban J connectivity index is 1.57. The Kier molecular flexibility index (Phi) is 4.33. The number of anilines is 1. The number of nitrogens with zero attached hydrogens (tertiary/aromatic N) is 6. The lowest BCUT2D eigenvalue weighted by Crippen LogP contribution is -2.35. The largest absolute Gasteiger partial charge is 0.370 e. The van der Waals surface area contributed by atoms with Gasteiger partial charge in [0.25, 0.3) is 0 Å². The number of fused-ring (bicyclic) bond motifs is 1. The molecule has 8 nitrogen and oxygen atoms in total. The van der Waals surface area contributed by atoms with Gasteiger partial charge in [-0.15, -0.1) is 0 Å². The molecule has 0 bridgehead atoms. The number of aryl methyl sites for hydroxylation is 1. The molecule has 0 radical (unpaired) electrons. The molecule has 1 aliphatic rings. The smallest absolute Gasteiger partial charge is 0.244 e. The van der Waals surface area contributed by atoms with Crippen LogP contribution in [-0.2, 0) is 17.1 Å². The standard InChI is InChI=1S/C17H20N6O2S/c1-21-17-14(12-20-21)11-16(13-19-17)26(24,25)23-8-2-7-22(9-10-23)15-3-5-18-6-4-15/h3-6,11-13H,2,7-10H2,1H3. The van der Waals surface area contributed by atoms with Gasteiger partial charge in [0, 0.05) is 62.9 Å². The average Bonchev–Trinajstić information content (AvgIpc) is 2.87. The molecule has 9 heteroatoms. The lowest BCUT2D eigenvalue weighted by Gasteiger charge is -2.23. The van der Waals surface area contributed by atoms with E-state index < -0.39 is 10.0 Å². The van der Waals surface area contributed by atoms with Crippen LogP contribution in [0.4, 0.5) is 5.69 Å². The highest BCUT2D eigenvalue weighted by atomic mass is 32.2. The summed E-state index contributed by atoms with van der Waals surface area (Å²) in [5, 5.41) is 4.85. The van der Waals surface area contributed by atoms with Crippen molar-refractivity contribution < 1.29 is 8.42 Å². The van der Waals surface area contributed by atoms with Gasteiger partial charge >= 0.3 is 0 Å². The quantitative estimate of drug-likeness (QED) is 0.688. The van der Waals surface area contributed by atoms with E-state index in [9.17, 15) is 8.42 Å². The summed E-state index contributed by atoms with van der Waals surface area (Å²) in [6.45, 7) is 2.40. The summed E-state index contributed by atoms with van der Waals surface area (Å²) < 4.78 is 29.3. The van der Waals surface area contributed by atoms with Gasteiger partial charge in [-0.2, -0.15) is 9.40 Å². The first-order chi connectivity index (χ1) is 12.6. The maximum Gasteiger partial charge on any atom is 0.244 e. The van der Waals surface area contributed by atoms with Crippen molar-refractivity contribution in [3.63, 3.8) is 0 Å². The normalized spacial score (nSPS) is 16.7. The van der Waals surface area contributed by atoms with Crippen LogP contribution in [0.1, 0.15) is 6.42 Å². The molecule has 1 saturated heterocycles. The van der Waals surface area contributed by atoms with Crippen LogP contribution in [0.5, 0.6) is 0 Å². The molecule has 0 aromatic carbocycles. The zero-order chi connectivity index (χ0) is 18.1. The number of sulfonamides is 1. The number of hydrogen-bond acceptors (Lipinski definition) is 6. The molecular weight excluding hydrogens is 352 g/mol. The van der Waals surface area contributed by atoms with Crippen LogP contribution in [0.2, 0.25) is 0 Å². The first-order valence-electron chi connectivity index (χ1n) is 8.48. The lowest BCUT2D eigenvalue weighted by molar-refractivity contribution is 0.433. The fourth-order valence-corrected chi connectivity index (χ4v) is 4.71. The zero-order valence-corrected chi connectivity index (χ0v) is 15.3. The Labute approximate surface area is 152 Å². The van der Waals surface area contributed by atoms with Crippen molar-refractivity contribution in [3.8, 4) is 0 Å². The van der Waals surface area contributed by atoms with Crippen molar-refractivity contribution >= 4 is 26.7 Å². The van der Waals surface area contributed by atoms with Gasteiger partial charge in [-0.05, 0) is 24.6 Å². The second kappa shape index (κ2) is 6.65. The molecule has 0 spiro atoms. The average molecular weight is 372 g/mol. The van der Waals surface area contributed by atoms with Gasteiger partial charge in [0.15, 0.2) is 5.65 Å². The summed E-state index contributed by atoms with van der Waals surface area (Å²) in [5.74, 6) is 0. The molecule has 1 fully saturated rings. The van der Waals surface area contributed by atoms with Gasteiger partial charge in [-0.3, -0.25) is 9.67 Å². The second-order valence-corrected chi connectivity index (χ2v) is 8.24. The summed E-state index contributed by atoms with van der Waals surface area (Å²) in [6, 6.07) is 5.55. The molecular formula is C17H20N6O2S. The minimum absolute atomic E-state index is 0.218. The molecule has 0 unspecified atom stereocenters. The second-order valence-electron chi connectivity index (χ2n) is 6.30. The summed E-state index contributed by atoms with van der Waals surface area (Å²) in [4.78, 5) is 10.7. The maximum atomic E-state index is 13.1. The first kappa shape index (κ1) is 16.9. The predicted octanol–water partition coefficient (Wildman–Crippen LogP) is 1.26. The maximum absolute atomic E-state index is 13.1. The Morgan fingerprint density at radius 2 is 1.85 bits per heavy atom. The third kappa shape index (κ3) is 3.04. The van der Waals surface area contributed by atoms with Crippen LogP contribution in [-0.4, -0.2) is 58.7 Å². The predicted molar refractivity (Wildman–Crippen MR) is 98.3 cm³/mol. The molecule has 136 valence electrons. The molecule has 0 atom stereocenters. The third-order valence-corrected chi connectivity index (χ3v) is 6.53. The lowest BCUT2D eigenvalue weighted by atomic mass is 10.3. The third-order valence-electron chi connectivity index (χ3n) is 4.67. The number of rotatable bonds is 3. The summed E-state index contributed by atoms with van der Waals surface area (Å²) in [7, 11) is -1.79. The van der Waals surface area contributed by atoms with Crippen LogP contribution in [0.15, 0.2) is 47.9 Å². The van der Waals surface area contributed by atoms with E-state index in [4.69, 9.17) is 0 Å². The number of aromatic nitrogens is 4. The van der Waals surface area contributed by atoms with Crippen molar-refractivity contribution in [3.05, 3.63) is 43.0 Å². The monoisotopic (exact) mass is 372 g/mol. The van der Waals surface area contributed by atoms with E-state index in [1.807, 2.05) is 12.1 Å². The van der Waals surface area contributed by atoms with Crippen LogP contribution in [0.3, 0.4) is 0 Å². The number of hydrogen-bond donors (Lipinski definition) is 0. The van der Waals surface area contributed by atoms with Gasteiger partial charge < -0.3 is 4.90 Å². The highest BCUT2D eigenvalue weighted by molar-refractivity contribution is 7.89. The van der Waals surface area contributed by atoms with E-state index in [0.717, 1.165) is 24.0 Å². The Morgan fingerprint density at radius 1 is 1.04 bits per heavy atom. The van der Waals surface area contributed by atoms with E-state index in [1.165, 1.54) is 6.20 Å². The molecule has 1 aliphatic heterocycles. The Hall–Kier alpha value is -2.52. The zero-order valence-electron chi connectivity index (χ0n) is 14.5. The van der Waals surface area contributed by atoms with E-state index >= 15 is 0 Å². The molecule has 26 heavy (non-hydrogen) atoms. The minimum atomic E-state index is -3.58. The van der Waals surface area contributed by atoms with Gasteiger partial charge in [-0.25, -0.2) is 13.4 Å². The summed E-state index contributed by atoms with van der Waals surface area (Å²) >= 11 is 0. The molecule has 0 saturated carbocycles. The molecule has 3 aromatic heterocycles. The van der Waals surface area contributed by atoms with Crippen molar-refractivity contribution in [2.75, 3.05) is 31.1 Å². The van der Waals surface area contributed by atoms with E-state index in [2.05, 4.69) is 20.0 Å². The SMILES string of the molecule is Cn1ncc2cc(S(=O)(=O)N3CCCN(c4ccncc4)CC3)cnc21. The summed E-state index contributed by atoms with van der Waals surface area (Å²) in [6.07, 6.45) is 7.33. The summed E-state index contributed by atoms with van der Waals surface area (Å²) in [5.41, 5.74) is 1.74. The highest BCUT2D eigenvalue weighted by Crippen LogP contribution is 2.22. The van der Waals surface area contributed by atoms with Gasteiger partial charge in [0.05, 0.1) is 6.20 Å². The Morgan fingerprint density at radius 3 is 2.65 bits per heavy atom. The minimum Gasteiger partial charge on any atom is -0.370 e. The van der Waals surface area contributed by atoms with Crippen LogP contribution < -0.4 is 4.90 Å². The van der Waals surface area contributed by atoms with Gasteiger partial charge in [0.2, 0.25) is 10.0 Å². The Bertz CT molecular complexity index is 1020. The fourth-order valence-electron chi connectivity index (χ4n) is 3.26. The fraction of sp³-hybridized carbons (Fsp3) is 0.353. The van der Waals surface area contributed by atoms with E-state index in [-0.39, 0.29) is 4.90 Å². The molecule has 0 N–H and O–H groups in total. The molecule has 3 aromatic rings. The number of pyridine rings is 2. The first-order valence-corrected chi connectivity index (χ1v) is 9.92. The van der Waals surface area contributed by atoms with E-state index in [0.29, 0.717) is 25.3 Å². The molecule has 0 aliphatic carbocycles. The molecule has 0 amide bonds. The van der Waals surface area contributed by atoms with E-state index in [1.54, 1.807) is 40.7 Å². The van der Waals surface area contributed by atoms with Crippen LogP contribution in [0, 0.1) is 0 Å². The van der Waals surface area contributed by atoms with Crippen molar-refractivity contribution in [1.82, 2.24) is 24.1 Å². The molecule has 4 rings (SSSR count). The van der Waals surface area contributed by atoms with Crippen molar-refractivity contribution in [2.45, 2.75) is 11.3 Å². The van der Waals surface area contributed by atoms with Gasteiger partial charge in [0.1, 0.15) is 4.90 Å².